The van der Waals surface area contributed by atoms with E-state index in [1.54, 1.807) is 24.3 Å². The van der Waals surface area contributed by atoms with Crippen molar-refractivity contribution in [1.29, 1.82) is 0 Å². The number of hydrogen-bond acceptors (Lipinski definition) is 4. The summed E-state index contributed by atoms with van der Waals surface area (Å²) in [6, 6.07) is 6.94. The summed E-state index contributed by atoms with van der Waals surface area (Å²) in [7, 11) is 0. The van der Waals surface area contributed by atoms with Crippen LogP contribution < -0.4 is 11.1 Å². The van der Waals surface area contributed by atoms with Crippen LogP contribution in [0.5, 0.6) is 0 Å². The van der Waals surface area contributed by atoms with Crippen molar-refractivity contribution >= 4 is 11.6 Å². The maximum absolute atomic E-state index is 11.5. The van der Waals surface area contributed by atoms with Gasteiger partial charge in [-0.2, -0.15) is 0 Å². The van der Waals surface area contributed by atoms with E-state index in [4.69, 9.17) is 10.5 Å². The normalized spacial score (nSPS) is 12.1. The first-order chi connectivity index (χ1) is 9.13. The molecule has 0 radical (unpaired) electrons. The molecule has 1 aromatic carbocycles. The molecular formula is C14H22N2O3. The summed E-state index contributed by atoms with van der Waals surface area (Å²) in [6.45, 7) is 3.29. The van der Waals surface area contributed by atoms with Crippen molar-refractivity contribution in [1.82, 2.24) is 5.32 Å². The summed E-state index contributed by atoms with van der Waals surface area (Å²) in [5.41, 5.74) is 6.94. The summed E-state index contributed by atoms with van der Waals surface area (Å²) in [6.07, 6.45) is 0.535. The lowest BCUT2D eigenvalue weighted by molar-refractivity contribution is -0.122. The van der Waals surface area contributed by atoms with Gasteiger partial charge in [-0.1, -0.05) is 19.1 Å². The van der Waals surface area contributed by atoms with Crippen LogP contribution in [-0.2, 0) is 9.53 Å². The number of aliphatic hydroxyl groups is 1. The molecule has 0 heterocycles. The molecule has 0 aliphatic rings. The monoisotopic (exact) mass is 266 g/mol. The van der Waals surface area contributed by atoms with Gasteiger partial charge >= 0.3 is 0 Å². The third kappa shape index (κ3) is 6.22. The van der Waals surface area contributed by atoms with Gasteiger partial charge < -0.3 is 20.9 Å². The van der Waals surface area contributed by atoms with Gasteiger partial charge in [-0.25, -0.2) is 0 Å². The number of anilines is 1. The second-order valence-electron chi connectivity index (χ2n) is 4.35. The first-order valence-corrected chi connectivity index (χ1v) is 6.51. The van der Waals surface area contributed by atoms with E-state index in [1.165, 1.54) is 0 Å². The highest BCUT2D eigenvalue weighted by Crippen LogP contribution is 2.13. The predicted molar refractivity (Wildman–Crippen MR) is 74.6 cm³/mol. The number of nitrogen functional groups attached to an aromatic ring is 1. The van der Waals surface area contributed by atoms with Crippen LogP contribution in [0, 0.1) is 0 Å². The Labute approximate surface area is 113 Å². The van der Waals surface area contributed by atoms with Crippen LogP contribution in [0.4, 0.5) is 5.69 Å². The average molecular weight is 266 g/mol. The lowest BCUT2D eigenvalue weighted by atomic mass is 10.1. The van der Waals surface area contributed by atoms with Gasteiger partial charge in [0.25, 0.3) is 0 Å². The molecule has 0 aromatic heterocycles. The first-order valence-electron chi connectivity index (χ1n) is 6.51. The highest BCUT2D eigenvalue weighted by Gasteiger charge is 2.09. The zero-order chi connectivity index (χ0) is 14.1. The lowest BCUT2D eigenvalue weighted by Crippen LogP contribution is -2.29. The Morgan fingerprint density at radius 2 is 2.05 bits per heavy atom. The minimum Gasteiger partial charge on any atom is -0.399 e. The molecular weight excluding hydrogens is 244 g/mol. The number of amides is 1. The Morgan fingerprint density at radius 3 is 2.68 bits per heavy atom. The molecule has 4 N–H and O–H groups in total. The molecule has 0 saturated carbocycles. The van der Waals surface area contributed by atoms with Gasteiger partial charge in [0, 0.05) is 25.3 Å². The average Bonchev–Trinajstić information content (AvgIpc) is 2.42. The first kappa shape index (κ1) is 15.5. The second kappa shape index (κ2) is 8.50. The smallest absolute Gasteiger partial charge is 0.222 e. The molecule has 19 heavy (non-hydrogen) atoms. The fraction of sp³-hybridized carbons (Fsp3) is 0.500. The molecule has 0 bridgehead atoms. The molecule has 5 nitrogen and oxygen atoms in total. The number of ether oxygens (including phenoxy) is 1. The van der Waals surface area contributed by atoms with E-state index in [2.05, 4.69) is 5.32 Å². The quantitative estimate of drug-likeness (QED) is 0.488. The lowest BCUT2D eigenvalue weighted by Gasteiger charge is -2.12. The number of aliphatic hydroxyl groups excluding tert-OH is 1. The molecule has 106 valence electrons. The van der Waals surface area contributed by atoms with Crippen LogP contribution in [0.15, 0.2) is 24.3 Å². The molecule has 5 heteroatoms. The van der Waals surface area contributed by atoms with Gasteiger partial charge in [0.1, 0.15) is 0 Å². The number of benzene rings is 1. The number of carbonyl (C=O) groups excluding carboxylic acids is 1. The molecule has 0 spiro atoms. The molecule has 0 aliphatic carbocycles. The van der Waals surface area contributed by atoms with Crippen LogP contribution in [0.3, 0.4) is 0 Å². The van der Waals surface area contributed by atoms with Gasteiger partial charge in [-0.15, -0.1) is 0 Å². The SMILES string of the molecule is CCCOCCC(=O)NCC(O)c1ccc(N)cc1. The molecule has 0 saturated heterocycles. The summed E-state index contributed by atoms with van der Waals surface area (Å²) in [5, 5.41) is 12.6. The number of rotatable bonds is 8. The summed E-state index contributed by atoms with van der Waals surface area (Å²) < 4.78 is 5.22. The standard InChI is InChI=1S/C14H22N2O3/c1-2-8-19-9-7-14(18)16-10-13(17)11-3-5-12(15)6-4-11/h3-6,13,17H,2,7-10,15H2,1H3,(H,16,18). The van der Waals surface area contributed by atoms with Crippen molar-refractivity contribution in [2.45, 2.75) is 25.9 Å². The van der Waals surface area contributed by atoms with E-state index in [9.17, 15) is 9.90 Å². The van der Waals surface area contributed by atoms with Crippen molar-refractivity contribution in [3.05, 3.63) is 29.8 Å². The maximum Gasteiger partial charge on any atom is 0.222 e. The molecule has 1 aromatic rings. The minimum atomic E-state index is -0.721. The molecule has 1 unspecified atom stereocenters. The van der Waals surface area contributed by atoms with E-state index in [-0.39, 0.29) is 12.5 Å². The zero-order valence-electron chi connectivity index (χ0n) is 11.3. The number of nitrogens with two attached hydrogens (primary N) is 1. The van der Waals surface area contributed by atoms with Gasteiger partial charge in [-0.05, 0) is 24.1 Å². The van der Waals surface area contributed by atoms with Crippen LogP contribution in [0.1, 0.15) is 31.4 Å². The summed E-state index contributed by atoms with van der Waals surface area (Å²) >= 11 is 0. The number of hydrogen-bond donors (Lipinski definition) is 3. The van der Waals surface area contributed by atoms with Crippen LogP contribution >= 0.6 is 0 Å². The Morgan fingerprint density at radius 1 is 1.37 bits per heavy atom. The molecule has 0 aliphatic heterocycles. The van der Waals surface area contributed by atoms with Crippen molar-refractivity contribution < 1.29 is 14.6 Å². The Balaban J connectivity index is 2.24. The molecule has 1 rings (SSSR count). The van der Waals surface area contributed by atoms with Crippen molar-refractivity contribution in [3.8, 4) is 0 Å². The highest BCUT2D eigenvalue weighted by atomic mass is 16.5. The van der Waals surface area contributed by atoms with Gasteiger partial charge in [-0.3, -0.25) is 4.79 Å². The predicted octanol–water partition coefficient (Wildman–Crippen LogP) is 1.24. The van der Waals surface area contributed by atoms with Crippen molar-refractivity contribution in [2.75, 3.05) is 25.5 Å². The van der Waals surface area contributed by atoms with Gasteiger partial charge in [0.15, 0.2) is 0 Å². The Kier molecular flexibility index (Phi) is 6.92. The number of nitrogens with one attached hydrogen (secondary N) is 1. The van der Waals surface area contributed by atoms with Crippen LogP contribution in [0.2, 0.25) is 0 Å². The molecule has 1 amide bonds. The molecule has 1 atom stereocenters. The number of carbonyl (C=O) groups is 1. The molecule has 0 fully saturated rings. The maximum atomic E-state index is 11.5. The minimum absolute atomic E-state index is 0.120. The largest absolute Gasteiger partial charge is 0.399 e. The second-order valence-corrected chi connectivity index (χ2v) is 4.35. The van der Waals surface area contributed by atoms with E-state index >= 15 is 0 Å². The van der Waals surface area contributed by atoms with E-state index < -0.39 is 6.10 Å². The van der Waals surface area contributed by atoms with Gasteiger partial charge in [0.2, 0.25) is 5.91 Å². The fourth-order valence-electron chi connectivity index (χ4n) is 1.55. The fourth-order valence-corrected chi connectivity index (χ4v) is 1.55. The topological polar surface area (TPSA) is 84.6 Å². The zero-order valence-corrected chi connectivity index (χ0v) is 11.3. The van der Waals surface area contributed by atoms with Crippen molar-refractivity contribution in [3.63, 3.8) is 0 Å². The van der Waals surface area contributed by atoms with E-state index in [0.717, 1.165) is 12.0 Å². The van der Waals surface area contributed by atoms with Crippen LogP contribution in [0.25, 0.3) is 0 Å². The van der Waals surface area contributed by atoms with Crippen molar-refractivity contribution in [2.24, 2.45) is 0 Å². The third-order valence-corrected chi connectivity index (χ3v) is 2.64. The van der Waals surface area contributed by atoms with E-state index in [0.29, 0.717) is 25.3 Å². The summed E-state index contributed by atoms with van der Waals surface area (Å²) in [4.78, 5) is 11.5. The van der Waals surface area contributed by atoms with Crippen LogP contribution in [-0.4, -0.2) is 30.8 Å². The highest BCUT2D eigenvalue weighted by molar-refractivity contribution is 5.76. The summed E-state index contributed by atoms with van der Waals surface area (Å²) in [5.74, 6) is -0.120. The Bertz CT molecular complexity index is 379. The van der Waals surface area contributed by atoms with Gasteiger partial charge in [0.05, 0.1) is 12.7 Å². The Hall–Kier alpha value is -1.59. The third-order valence-electron chi connectivity index (χ3n) is 2.64. The van der Waals surface area contributed by atoms with E-state index in [1.807, 2.05) is 6.92 Å².